The maximum Gasteiger partial charge on any atom is 0.305 e. The van der Waals surface area contributed by atoms with Gasteiger partial charge in [0.05, 0.1) is 26.7 Å². The summed E-state index contributed by atoms with van der Waals surface area (Å²) in [7, 11) is 4.60. The lowest BCUT2D eigenvalue weighted by molar-refractivity contribution is -0.141. The predicted octanol–water partition coefficient (Wildman–Crippen LogP) is 0.464. The van der Waals surface area contributed by atoms with Crippen LogP contribution in [0.4, 0.5) is 0 Å². The SMILES string of the molecule is COc1cccc(CN(C)C(=O)C(N)CC(=O)O)c1OC. The van der Waals surface area contributed by atoms with Crippen LogP contribution in [-0.2, 0) is 16.1 Å². The van der Waals surface area contributed by atoms with Crippen molar-refractivity contribution in [2.24, 2.45) is 5.73 Å². The smallest absolute Gasteiger partial charge is 0.305 e. The number of ether oxygens (including phenoxy) is 2. The Hall–Kier alpha value is -2.28. The second-order valence-electron chi connectivity index (χ2n) is 4.55. The zero-order chi connectivity index (χ0) is 16.0. The summed E-state index contributed by atoms with van der Waals surface area (Å²) < 4.78 is 10.5. The Morgan fingerprint density at radius 3 is 2.52 bits per heavy atom. The summed E-state index contributed by atoms with van der Waals surface area (Å²) in [6.45, 7) is 0.243. The highest BCUT2D eigenvalue weighted by molar-refractivity contribution is 5.85. The molecule has 1 amide bonds. The molecule has 1 rings (SSSR count). The molecule has 0 bridgehead atoms. The number of aliphatic carboxylic acids is 1. The Kier molecular flexibility index (Phi) is 5.98. The van der Waals surface area contributed by atoms with Crippen LogP contribution in [0.3, 0.4) is 0 Å². The van der Waals surface area contributed by atoms with E-state index in [1.54, 1.807) is 25.2 Å². The molecule has 0 aliphatic heterocycles. The number of para-hydroxylation sites is 1. The van der Waals surface area contributed by atoms with E-state index in [9.17, 15) is 9.59 Å². The van der Waals surface area contributed by atoms with Gasteiger partial charge in [0.25, 0.3) is 0 Å². The van der Waals surface area contributed by atoms with Gasteiger partial charge in [-0.25, -0.2) is 0 Å². The number of benzene rings is 1. The summed E-state index contributed by atoms with van der Waals surface area (Å²) >= 11 is 0. The molecule has 1 atom stereocenters. The number of hydrogen-bond acceptors (Lipinski definition) is 5. The van der Waals surface area contributed by atoms with E-state index in [2.05, 4.69) is 0 Å². The van der Waals surface area contributed by atoms with Crippen molar-refractivity contribution in [3.05, 3.63) is 23.8 Å². The van der Waals surface area contributed by atoms with Crippen LogP contribution in [0.5, 0.6) is 11.5 Å². The minimum Gasteiger partial charge on any atom is -0.493 e. The fourth-order valence-electron chi connectivity index (χ4n) is 1.97. The van der Waals surface area contributed by atoms with Gasteiger partial charge in [-0.2, -0.15) is 0 Å². The van der Waals surface area contributed by atoms with Crippen LogP contribution in [0.25, 0.3) is 0 Å². The lowest BCUT2D eigenvalue weighted by atomic mass is 10.1. The van der Waals surface area contributed by atoms with Gasteiger partial charge in [0, 0.05) is 19.2 Å². The van der Waals surface area contributed by atoms with Crippen LogP contribution in [0, 0.1) is 0 Å². The van der Waals surface area contributed by atoms with Crippen molar-refractivity contribution in [3.63, 3.8) is 0 Å². The van der Waals surface area contributed by atoms with Crippen LogP contribution < -0.4 is 15.2 Å². The number of carbonyl (C=O) groups is 2. The first-order valence-electron chi connectivity index (χ1n) is 6.33. The highest BCUT2D eigenvalue weighted by Crippen LogP contribution is 2.31. The monoisotopic (exact) mass is 296 g/mol. The van der Waals surface area contributed by atoms with Crippen molar-refractivity contribution in [2.75, 3.05) is 21.3 Å². The summed E-state index contributed by atoms with van der Waals surface area (Å²) in [5, 5.41) is 8.67. The molecule has 0 heterocycles. The quantitative estimate of drug-likeness (QED) is 0.758. The summed E-state index contributed by atoms with van der Waals surface area (Å²) in [6.07, 6.45) is -0.404. The maximum atomic E-state index is 12.0. The standard InChI is InChI=1S/C14H20N2O5/c1-16(14(19)10(15)7-12(17)18)8-9-5-4-6-11(20-2)13(9)21-3/h4-6,10H,7-8,15H2,1-3H3,(H,17,18). The summed E-state index contributed by atoms with van der Waals surface area (Å²) in [4.78, 5) is 24.0. The number of amides is 1. The average Bonchev–Trinajstić information content (AvgIpc) is 2.45. The molecule has 116 valence electrons. The van der Waals surface area contributed by atoms with Crippen molar-refractivity contribution in [1.82, 2.24) is 4.90 Å². The molecule has 21 heavy (non-hydrogen) atoms. The molecule has 0 aliphatic rings. The predicted molar refractivity (Wildman–Crippen MR) is 76.2 cm³/mol. The molecule has 1 aromatic carbocycles. The molecule has 0 radical (unpaired) electrons. The highest BCUT2D eigenvalue weighted by atomic mass is 16.5. The average molecular weight is 296 g/mol. The topological polar surface area (TPSA) is 102 Å². The number of carboxylic acids is 1. The molecule has 1 aromatic rings. The van der Waals surface area contributed by atoms with Gasteiger partial charge in [-0.1, -0.05) is 12.1 Å². The molecule has 0 saturated carbocycles. The van der Waals surface area contributed by atoms with Gasteiger partial charge in [-0.05, 0) is 6.07 Å². The van der Waals surface area contributed by atoms with E-state index in [-0.39, 0.29) is 6.54 Å². The van der Waals surface area contributed by atoms with Crippen LogP contribution in [0.2, 0.25) is 0 Å². The molecule has 7 heteroatoms. The number of nitrogens with two attached hydrogens (primary N) is 1. The van der Waals surface area contributed by atoms with Crippen molar-refractivity contribution in [1.29, 1.82) is 0 Å². The lowest BCUT2D eigenvalue weighted by Crippen LogP contribution is -2.42. The van der Waals surface area contributed by atoms with E-state index in [1.165, 1.54) is 19.1 Å². The number of carboxylic acid groups (broad SMARTS) is 1. The molecule has 3 N–H and O–H groups in total. The van der Waals surface area contributed by atoms with Crippen LogP contribution in [0.15, 0.2) is 18.2 Å². The number of hydrogen-bond donors (Lipinski definition) is 2. The Bertz CT molecular complexity index is 518. The minimum absolute atomic E-state index is 0.243. The first-order chi connectivity index (χ1) is 9.90. The van der Waals surface area contributed by atoms with Crippen molar-refractivity contribution >= 4 is 11.9 Å². The van der Waals surface area contributed by atoms with E-state index in [4.69, 9.17) is 20.3 Å². The highest BCUT2D eigenvalue weighted by Gasteiger charge is 2.22. The van der Waals surface area contributed by atoms with Crippen LogP contribution in [-0.4, -0.2) is 49.2 Å². The van der Waals surface area contributed by atoms with Gasteiger partial charge < -0.3 is 25.2 Å². The van der Waals surface area contributed by atoms with E-state index < -0.39 is 24.3 Å². The van der Waals surface area contributed by atoms with E-state index >= 15 is 0 Å². The van der Waals surface area contributed by atoms with Gasteiger partial charge >= 0.3 is 5.97 Å². The zero-order valence-corrected chi connectivity index (χ0v) is 12.3. The second-order valence-corrected chi connectivity index (χ2v) is 4.55. The number of likely N-dealkylation sites (N-methyl/N-ethyl adjacent to an activating group) is 1. The molecule has 7 nitrogen and oxygen atoms in total. The van der Waals surface area contributed by atoms with Crippen molar-refractivity contribution < 1.29 is 24.2 Å². The minimum atomic E-state index is -1.11. The molecule has 0 aliphatic carbocycles. The maximum absolute atomic E-state index is 12.0. The summed E-state index contributed by atoms with van der Waals surface area (Å²) in [5.41, 5.74) is 6.32. The Morgan fingerprint density at radius 1 is 1.33 bits per heavy atom. The normalized spacial score (nSPS) is 11.6. The van der Waals surface area contributed by atoms with Gasteiger partial charge in [-0.3, -0.25) is 9.59 Å². The molecule has 0 aromatic heterocycles. The largest absolute Gasteiger partial charge is 0.493 e. The fraction of sp³-hybridized carbons (Fsp3) is 0.429. The number of carbonyl (C=O) groups excluding carboxylic acids is 1. The molecular weight excluding hydrogens is 276 g/mol. The molecule has 1 unspecified atom stereocenters. The number of rotatable bonds is 7. The lowest BCUT2D eigenvalue weighted by Gasteiger charge is -2.22. The number of nitrogens with zero attached hydrogens (tertiary/aromatic N) is 1. The van der Waals surface area contributed by atoms with Gasteiger partial charge in [0.15, 0.2) is 11.5 Å². The third kappa shape index (κ3) is 4.35. The molecule has 0 saturated heterocycles. The van der Waals surface area contributed by atoms with Crippen LogP contribution >= 0.6 is 0 Å². The van der Waals surface area contributed by atoms with Crippen molar-refractivity contribution in [3.8, 4) is 11.5 Å². The first-order valence-corrected chi connectivity index (χ1v) is 6.33. The first kappa shape index (κ1) is 16.8. The molecule has 0 spiro atoms. The van der Waals surface area contributed by atoms with Crippen molar-refractivity contribution in [2.45, 2.75) is 19.0 Å². The third-order valence-corrected chi connectivity index (χ3v) is 2.98. The molecular formula is C14H20N2O5. The zero-order valence-electron chi connectivity index (χ0n) is 12.3. The summed E-state index contributed by atoms with van der Waals surface area (Å²) in [5.74, 6) is -0.456. The third-order valence-electron chi connectivity index (χ3n) is 2.98. The number of methoxy groups -OCH3 is 2. The Labute approximate surface area is 123 Å². The van der Waals surface area contributed by atoms with Gasteiger partial charge in [0.1, 0.15) is 0 Å². The fourth-order valence-corrected chi connectivity index (χ4v) is 1.97. The van der Waals surface area contributed by atoms with Gasteiger partial charge in [-0.15, -0.1) is 0 Å². The van der Waals surface area contributed by atoms with Gasteiger partial charge in [0.2, 0.25) is 5.91 Å². The van der Waals surface area contributed by atoms with E-state index in [0.717, 1.165) is 5.56 Å². The Balaban J connectivity index is 2.85. The van der Waals surface area contributed by atoms with E-state index in [0.29, 0.717) is 11.5 Å². The molecule has 0 fully saturated rings. The Morgan fingerprint density at radius 2 is 2.00 bits per heavy atom. The second kappa shape index (κ2) is 7.49. The summed E-state index contributed by atoms with van der Waals surface area (Å²) in [6, 6.07) is 4.27. The van der Waals surface area contributed by atoms with E-state index in [1.807, 2.05) is 0 Å². The van der Waals surface area contributed by atoms with Crippen LogP contribution in [0.1, 0.15) is 12.0 Å².